The molecule has 0 saturated heterocycles. The molecule has 0 bridgehead atoms. The van der Waals surface area contributed by atoms with Gasteiger partial charge in [0.1, 0.15) is 16.8 Å². The van der Waals surface area contributed by atoms with Gasteiger partial charge in [0.15, 0.2) is 0 Å². The molecule has 0 aromatic carbocycles. The number of carbonyl (C=O) groups is 1. The van der Waals surface area contributed by atoms with Gasteiger partial charge in [-0.2, -0.15) is 4.72 Å². The van der Waals surface area contributed by atoms with Gasteiger partial charge in [-0.3, -0.25) is 4.79 Å². The van der Waals surface area contributed by atoms with Gasteiger partial charge in [0, 0.05) is 6.20 Å². The van der Waals surface area contributed by atoms with Crippen LogP contribution < -0.4 is 10.5 Å². The minimum atomic E-state index is -3.85. The first-order valence-electron chi connectivity index (χ1n) is 5.59. The van der Waals surface area contributed by atoms with E-state index in [0.717, 1.165) is 6.20 Å². The van der Waals surface area contributed by atoms with Crippen molar-refractivity contribution in [3.05, 3.63) is 18.3 Å². The van der Waals surface area contributed by atoms with E-state index in [4.69, 9.17) is 5.73 Å². The molecule has 8 heteroatoms. The van der Waals surface area contributed by atoms with E-state index in [1.54, 1.807) is 13.8 Å². The standard InChI is InChI=1S/C11H17N3O4S/c1-7(2)10(11(15)18-3)14-19(16,17)8-4-5-9(12)13-6-8/h4-7,10,14H,1-3H3,(H2,12,13). The highest BCUT2D eigenvalue weighted by atomic mass is 32.2. The van der Waals surface area contributed by atoms with Gasteiger partial charge in [0.25, 0.3) is 0 Å². The summed E-state index contributed by atoms with van der Waals surface area (Å²) in [6, 6.07) is 1.74. The smallest absolute Gasteiger partial charge is 0.324 e. The molecule has 1 atom stereocenters. The van der Waals surface area contributed by atoms with Crippen LogP contribution in [-0.2, 0) is 19.6 Å². The van der Waals surface area contributed by atoms with Crippen molar-refractivity contribution in [1.29, 1.82) is 0 Å². The van der Waals surface area contributed by atoms with Crippen molar-refractivity contribution >= 4 is 21.8 Å². The van der Waals surface area contributed by atoms with Crippen LogP contribution in [-0.4, -0.2) is 32.5 Å². The van der Waals surface area contributed by atoms with E-state index in [2.05, 4.69) is 14.4 Å². The number of rotatable bonds is 5. The Morgan fingerprint density at radius 2 is 2.05 bits per heavy atom. The largest absolute Gasteiger partial charge is 0.468 e. The number of nitrogens with two attached hydrogens (primary N) is 1. The minimum Gasteiger partial charge on any atom is -0.468 e. The molecule has 0 aliphatic heterocycles. The highest BCUT2D eigenvalue weighted by Gasteiger charge is 2.29. The number of sulfonamides is 1. The lowest BCUT2D eigenvalue weighted by molar-refractivity contribution is -0.143. The second kappa shape index (κ2) is 5.98. The SMILES string of the molecule is COC(=O)C(NS(=O)(=O)c1ccc(N)nc1)C(C)C. The zero-order valence-corrected chi connectivity index (χ0v) is 11.8. The Hall–Kier alpha value is -1.67. The Kier molecular flexibility index (Phi) is 4.84. The number of hydrogen-bond donors (Lipinski definition) is 2. The van der Waals surface area contributed by atoms with Gasteiger partial charge < -0.3 is 10.5 Å². The van der Waals surface area contributed by atoms with E-state index in [9.17, 15) is 13.2 Å². The minimum absolute atomic E-state index is 0.0590. The number of nitrogens with zero attached hydrogens (tertiary/aromatic N) is 1. The first kappa shape index (κ1) is 15.4. The number of aromatic nitrogens is 1. The number of methoxy groups -OCH3 is 1. The Balaban J connectivity index is 3.00. The lowest BCUT2D eigenvalue weighted by Gasteiger charge is -2.19. The summed E-state index contributed by atoms with van der Waals surface area (Å²) in [6.45, 7) is 3.43. The van der Waals surface area contributed by atoms with Crippen LogP contribution in [0.2, 0.25) is 0 Å². The Bertz CT molecular complexity index is 540. The fourth-order valence-corrected chi connectivity index (χ4v) is 2.65. The highest BCUT2D eigenvalue weighted by molar-refractivity contribution is 7.89. The molecule has 0 fully saturated rings. The molecular weight excluding hydrogens is 270 g/mol. The van der Waals surface area contributed by atoms with E-state index in [1.165, 1.54) is 19.2 Å². The third-order valence-electron chi connectivity index (χ3n) is 2.47. The van der Waals surface area contributed by atoms with Crippen molar-refractivity contribution in [2.45, 2.75) is 24.8 Å². The monoisotopic (exact) mass is 287 g/mol. The van der Waals surface area contributed by atoms with E-state index in [1.807, 2.05) is 0 Å². The van der Waals surface area contributed by atoms with Crippen molar-refractivity contribution in [2.24, 2.45) is 5.92 Å². The number of esters is 1. The van der Waals surface area contributed by atoms with Gasteiger partial charge in [0.2, 0.25) is 10.0 Å². The zero-order valence-electron chi connectivity index (χ0n) is 11.0. The molecule has 106 valence electrons. The predicted molar refractivity (Wildman–Crippen MR) is 69.6 cm³/mol. The van der Waals surface area contributed by atoms with E-state index < -0.39 is 22.0 Å². The first-order chi connectivity index (χ1) is 8.77. The van der Waals surface area contributed by atoms with Gasteiger partial charge in [-0.25, -0.2) is 13.4 Å². The van der Waals surface area contributed by atoms with Crippen LogP contribution in [0.1, 0.15) is 13.8 Å². The molecule has 1 heterocycles. The van der Waals surface area contributed by atoms with Crippen LogP contribution in [0.3, 0.4) is 0 Å². The average Bonchev–Trinajstić information content (AvgIpc) is 2.35. The molecule has 0 saturated carbocycles. The fraction of sp³-hybridized carbons (Fsp3) is 0.455. The summed E-state index contributed by atoms with van der Waals surface area (Å²) in [7, 11) is -2.64. The summed E-state index contributed by atoms with van der Waals surface area (Å²) < 4.78 is 31.0. The van der Waals surface area contributed by atoms with Crippen molar-refractivity contribution in [3.63, 3.8) is 0 Å². The van der Waals surface area contributed by atoms with Crippen molar-refractivity contribution in [3.8, 4) is 0 Å². The van der Waals surface area contributed by atoms with Crippen LogP contribution in [0, 0.1) is 5.92 Å². The summed E-state index contributed by atoms with van der Waals surface area (Å²) >= 11 is 0. The lowest BCUT2D eigenvalue weighted by atomic mass is 10.1. The molecule has 0 amide bonds. The van der Waals surface area contributed by atoms with E-state index in [-0.39, 0.29) is 16.6 Å². The molecule has 1 rings (SSSR count). The maximum absolute atomic E-state index is 12.1. The number of carbonyl (C=O) groups excluding carboxylic acids is 1. The Labute approximate surface area is 112 Å². The summed E-state index contributed by atoms with van der Waals surface area (Å²) in [5.41, 5.74) is 5.39. The molecule has 1 unspecified atom stereocenters. The van der Waals surface area contributed by atoms with Crippen LogP contribution in [0.4, 0.5) is 5.82 Å². The van der Waals surface area contributed by atoms with Gasteiger partial charge in [0.05, 0.1) is 7.11 Å². The molecule has 0 spiro atoms. The quantitative estimate of drug-likeness (QED) is 0.745. The van der Waals surface area contributed by atoms with Gasteiger partial charge >= 0.3 is 5.97 Å². The van der Waals surface area contributed by atoms with Crippen LogP contribution in [0.5, 0.6) is 0 Å². The van der Waals surface area contributed by atoms with Crippen molar-refractivity contribution < 1.29 is 17.9 Å². The maximum atomic E-state index is 12.1. The van der Waals surface area contributed by atoms with Crippen LogP contribution in [0.25, 0.3) is 0 Å². The van der Waals surface area contributed by atoms with Crippen molar-refractivity contribution in [2.75, 3.05) is 12.8 Å². The fourth-order valence-electron chi connectivity index (χ4n) is 1.37. The Morgan fingerprint density at radius 3 is 2.47 bits per heavy atom. The van der Waals surface area contributed by atoms with Gasteiger partial charge in [-0.05, 0) is 18.1 Å². The third kappa shape index (κ3) is 3.90. The molecule has 7 nitrogen and oxygen atoms in total. The topological polar surface area (TPSA) is 111 Å². The molecule has 19 heavy (non-hydrogen) atoms. The lowest BCUT2D eigenvalue weighted by Crippen LogP contribution is -2.44. The normalized spacial score (nSPS) is 13.3. The summed E-state index contributed by atoms with van der Waals surface area (Å²) in [4.78, 5) is 15.2. The van der Waals surface area contributed by atoms with E-state index in [0.29, 0.717) is 0 Å². The number of anilines is 1. The molecular formula is C11H17N3O4S. The first-order valence-corrected chi connectivity index (χ1v) is 7.08. The zero-order chi connectivity index (χ0) is 14.6. The van der Waals surface area contributed by atoms with Crippen LogP contribution >= 0.6 is 0 Å². The number of nitrogen functional groups attached to an aromatic ring is 1. The van der Waals surface area contributed by atoms with E-state index >= 15 is 0 Å². The third-order valence-corrected chi connectivity index (χ3v) is 3.90. The Morgan fingerprint density at radius 1 is 1.42 bits per heavy atom. The molecule has 0 aliphatic rings. The molecule has 1 aromatic rings. The molecule has 0 radical (unpaired) electrons. The van der Waals surface area contributed by atoms with Crippen molar-refractivity contribution in [1.82, 2.24) is 9.71 Å². The second-order valence-corrected chi connectivity index (χ2v) is 6.00. The maximum Gasteiger partial charge on any atom is 0.324 e. The predicted octanol–water partition coefficient (Wildman–Crippen LogP) is 0.140. The molecule has 0 aliphatic carbocycles. The number of ether oxygens (including phenoxy) is 1. The number of hydrogen-bond acceptors (Lipinski definition) is 6. The number of nitrogens with one attached hydrogen (secondary N) is 1. The second-order valence-electron chi connectivity index (χ2n) is 4.28. The molecule has 3 N–H and O–H groups in total. The average molecular weight is 287 g/mol. The van der Waals surface area contributed by atoms with Gasteiger partial charge in [-0.15, -0.1) is 0 Å². The molecule has 1 aromatic heterocycles. The summed E-state index contributed by atoms with van der Waals surface area (Å²) in [6.07, 6.45) is 1.13. The summed E-state index contributed by atoms with van der Waals surface area (Å²) in [5, 5.41) is 0. The van der Waals surface area contributed by atoms with Crippen LogP contribution in [0.15, 0.2) is 23.2 Å². The highest BCUT2D eigenvalue weighted by Crippen LogP contribution is 2.12. The number of pyridine rings is 1. The summed E-state index contributed by atoms with van der Waals surface area (Å²) in [5.74, 6) is -0.668. The van der Waals surface area contributed by atoms with Gasteiger partial charge in [-0.1, -0.05) is 13.8 Å².